The second kappa shape index (κ2) is 5.82. The van der Waals surface area contributed by atoms with Crippen molar-refractivity contribution in [2.75, 3.05) is 13.1 Å². The van der Waals surface area contributed by atoms with Gasteiger partial charge in [-0.1, -0.05) is 0 Å². The Labute approximate surface area is 127 Å². The van der Waals surface area contributed by atoms with Crippen molar-refractivity contribution < 1.29 is 28.6 Å². The number of rotatable bonds is 3. The summed E-state index contributed by atoms with van der Waals surface area (Å²) < 4.78 is 23.9. The van der Waals surface area contributed by atoms with E-state index in [4.69, 9.17) is 14.6 Å². The fourth-order valence-corrected chi connectivity index (χ4v) is 1.94. The van der Waals surface area contributed by atoms with Gasteiger partial charge >= 0.3 is 12.1 Å². The molecule has 2 rings (SSSR count). The van der Waals surface area contributed by atoms with Crippen molar-refractivity contribution in [3.8, 4) is 5.75 Å². The minimum Gasteiger partial charge on any atom is -0.486 e. The molecule has 1 amide bonds. The van der Waals surface area contributed by atoms with Gasteiger partial charge in [-0.25, -0.2) is 14.0 Å². The lowest BCUT2D eigenvalue weighted by atomic mass is 10.1. The molecule has 7 heteroatoms. The number of carbonyl (C=O) groups is 2. The molecule has 22 heavy (non-hydrogen) atoms. The molecule has 1 N–H and O–H groups in total. The minimum atomic E-state index is -1.20. The lowest BCUT2D eigenvalue weighted by Crippen LogP contribution is -2.57. The van der Waals surface area contributed by atoms with Crippen LogP contribution < -0.4 is 4.74 Å². The smallest absolute Gasteiger partial charge is 0.410 e. The largest absolute Gasteiger partial charge is 0.486 e. The van der Waals surface area contributed by atoms with Crippen molar-refractivity contribution in [1.29, 1.82) is 0 Å². The molecule has 1 saturated heterocycles. The molecule has 0 atom stereocenters. The summed E-state index contributed by atoms with van der Waals surface area (Å²) in [5, 5.41) is 9.04. The highest BCUT2D eigenvalue weighted by atomic mass is 19.1. The average Bonchev–Trinajstić information content (AvgIpc) is 2.30. The fourth-order valence-electron chi connectivity index (χ4n) is 1.94. The van der Waals surface area contributed by atoms with Crippen molar-refractivity contribution in [2.45, 2.75) is 32.5 Å². The van der Waals surface area contributed by atoms with E-state index in [1.165, 1.54) is 4.90 Å². The number of benzene rings is 1. The summed E-state index contributed by atoms with van der Waals surface area (Å²) in [4.78, 5) is 24.3. The number of aromatic carboxylic acids is 1. The molecule has 1 aliphatic rings. The lowest BCUT2D eigenvalue weighted by molar-refractivity contribution is -0.0225. The normalized spacial score (nSPS) is 15.2. The number of halogens is 1. The van der Waals surface area contributed by atoms with Gasteiger partial charge in [-0.2, -0.15) is 0 Å². The van der Waals surface area contributed by atoms with Crippen LogP contribution in [0.4, 0.5) is 9.18 Å². The van der Waals surface area contributed by atoms with Gasteiger partial charge in [0.25, 0.3) is 0 Å². The quantitative estimate of drug-likeness (QED) is 0.928. The zero-order chi connectivity index (χ0) is 16.5. The molecule has 6 nitrogen and oxygen atoms in total. The Kier molecular flexibility index (Phi) is 4.25. The third-order valence-corrected chi connectivity index (χ3v) is 2.97. The van der Waals surface area contributed by atoms with Crippen molar-refractivity contribution in [3.05, 3.63) is 29.6 Å². The predicted octanol–water partition coefficient (Wildman–Crippen LogP) is 2.52. The number of carboxylic acids is 1. The minimum absolute atomic E-state index is 0.0404. The SMILES string of the molecule is CC(C)(C)OC(=O)N1CC(Oc2cc(F)ccc2C(=O)O)C1. The summed E-state index contributed by atoms with van der Waals surface area (Å²) in [5.74, 6) is -1.82. The monoisotopic (exact) mass is 311 g/mol. The van der Waals surface area contributed by atoms with Crippen LogP contribution in [0.3, 0.4) is 0 Å². The maximum atomic E-state index is 13.2. The molecule has 0 unspecified atom stereocenters. The van der Waals surface area contributed by atoms with E-state index >= 15 is 0 Å². The highest BCUT2D eigenvalue weighted by Crippen LogP contribution is 2.25. The molecule has 0 spiro atoms. The number of ether oxygens (including phenoxy) is 2. The second-order valence-electron chi connectivity index (χ2n) is 6.07. The van der Waals surface area contributed by atoms with Gasteiger partial charge in [-0.15, -0.1) is 0 Å². The molecule has 0 radical (unpaired) electrons. The zero-order valence-electron chi connectivity index (χ0n) is 12.6. The predicted molar refractivity (Wildman–Crippen MR) is 75.6 cm³/mol. The number of carbonyl (C=O) groups excluding carboxylic acids is 1. The van der Waals surface area contributed by atoms with Gasteiger partial charge in [-0.05, 0) is 32.9 Å². The molecule has 0 aromatic heterocycles. The summed E-state index contributed by atoms with van der Waals surface area (Å²) in [6.45, 7) is 5.84. The number of amides is 1. The topological polar surface area (TPSA) is 76.1 Å². The molecule has 1 aliphatic heterocycles. The summed E-state index contributed by atoms with van der Waals surface area (Å²) in [5.41, 5.74) is -0.695. The third-order valence-electron chi connectivity index (χ3n) is 2.97. The number of carboxylic acid groups (broad SMARTS) is 1. The van der Waals surface area contributed by atoms with Crippen molar-refractivity contribution in [3.63, 3.8) is 0 Å². The first kappa shape index (κ1) is 16.1. The van der Waals surface area contributed by atoms with E-state index in [1.54, 1.807) is 20.8 Å². The zero-order valence-corrected chi connectivity index (χ0v) is 12.6. The number of likely N-dealkylation sites (tertiary alicyclic amines) is 1. The summed E-state index contributed by atoms with van der Waals surface area (Å²) in [6.07, 6.45) is -0.836. The van der Waals surface area contributed by atoms with Crippen LogP contribution in [0.2, 0.25) is 0 Å². The van der Waals surface area contributed by atoms with Gasteiger partial charge in [-0.3, -0.25) is 0 Å². The lowest BCUT2D eigenvalue weighted by Gasteiger charge is -2.39. The van der Waals surface area contributed by atoms with Crippen LogP contribution in [0.25, 0.3) is 0 Å². The van der Waals surface area contributed by atoms with Gasteiger partial charge in [0.15, 0.2) is 0 Å². The van der Waals surface area contributed by atoms with Crippen LogP contribution in [-0.2, 0) is 4.74 Å². The Bertz CT molecular complexity index is 590. The van der Waals surface area contributed by atoms with Gasteiger partial charge < -0.3 is 19.5 Å². The average molecular weight is 311 g/mol. The molecule has 1 aromatic carbocycles. The van der Waals surface area contributed by atoms with Crippen molar-refractivity contribution >= 4 is 12.1 Å². The van der Waals surface area contributed by atoms with Gasteiger partial charge in [0.2, 0.25) is 0 Å². The molecular weight excluding hydrogens is 293 g/mol. The van der Waals surface area contributed by atoms with E-state index in [1.807, 2.05) is 0 Å². The first-order chi connectivity index (χ1) is 10.2. The van der Waals surface area contributed by atoms with E-state index in [2.05, 4.69) is 0 Å². The highest BCUT2D eigenvalue weighted by Gasteiger charge is 2.35. The molecule has 0 bridgehead atoms. The van der Waals surface area contributed by atoms with E-state index in [0.717, 1.165) is 18.2 Å². The fraction of sp³-hybridized carbons (Fsp3) is 0.467. The molecule has 0 saturated carbocycles. The standard InChI is InChI=1S/C15H18FNO5/c1-15(2,3)22-14(20)17-7-10(8-17)21-12-6-9(16)4-5-11(12)13(18)19/h4-6,10H,7-8H2,1-3H3,(H,18,19). The van der Waals surface area contributed by atoms with Crippen molar-refractivity contribution in [2.24, 2.45) is 0 Å². The van der Waals surface area contributed by atoms with Crippen LogP contribution in [0.5, 0.6) is 5.75 Å². The van der Waals surface area contributed by atoms with Gasteiger partial charge in [0.1, 0.15) is 28.8 Å². The highest BCUT2D eigenvalue weighted by molar-refractivity contribution is 5.90. The second-order valence-corrected chi connectivity index (χ2v) is 6.07. The molecule has 1 fully saturated rings. The molecular formula is C15H18FNO5. The Hall–Kier alpha value is -2.31. The number of hydrogen-bond donors (Lipinski definition) is 1. The Morgan fingerprint density at radius 3 is 2.50 bits per heavy atom. The first-order valence-corrected chi connectivity index (χ1v) is 6.83. The van der Waals surface area contributed by atoms with E-state index in [-0.39, 0.29) is 30.5 Å². The van der Waals surface area contributed by atoms with Gasteiger partial charge in [0, 0.05) is 6.07 Å². The molecule has 1 aromatic rings. The van der Waals surface area contributed by atoms with Crippen LogP contribution in [0, 0.1) is 5.82 Å². The number of hydrogen-bond acceptors (Lipinski definition) is 4. The van der Waals surface area contributed by atoms with E-state index in [9.17, 15) is 14.0 Å². The summed E-state index contributed by atoms with van der Waals surface area (Å²) in [6, 6.07) is 3.24. The van der Waals surface area contributed by atoms with Crippen LogP contribution in [-0.4, -0.2) is 46.9 Å². The molecule has 0 aliphatic carbocycles. The Balaban J connectivity index is 1.94. The maximum absolute atomic E-state index is 13.2. The molecule has 120 valence electrons. The maximum Gasteiger partial charge on any atom is 0.410 e. The van der Waals surface area contributed by atoms with E-state index in [0.29, 0.717) is 0 Å². The molecule has 1 heterocycles. The first-order valence-electron chi connectivity index (χ1n) is 6.83. The summed E-state index contributed by atoms with van der Waals surface area (Å²) in [7, 11) is 0. The Morgan fingerprint density at radius 2 is 1.95 bits per heavy atom. The van der Waals surface area contributed by atoms with Crippen LogP contribution >= 0.6 is 0 Å². The Morgan fingerprint density at radius 1 is 1.32 bits per heavy atom. The van der Waals surface area contributed by atoms with Crippen LogP contribution in [0.1, 0.15) is 31.1 Å². The third kappa shape index (κ3) is 3.87. The van der Waals surface area contributed by atoms with Gasteiger partial charge in [0.05, 0.1) is 13.1 Å². The van der Waals surface area contributed by atoms with Crippen LogP contribution in [0.15, 0.2) is 18.2 Å². The van der Waals surface area contributed by atoms with E-state index < -0.39 is 23.5 Å². The number of nitrogens with zero attached hydrogens (tertiary/aromatic N) is 1. The summed E-state index contributed by atoms with van der Waals surface area (Å²) >= 11 is 0. The van der Waals surface area contributed by atoms with Crippen molar-refractivity contribution in [1.82, 2.24) is 4.90 Å².